The van der Waals surface area contributed by atoms with Crippen LogP contribution in [0, 0.1) is 13.8 Å². The van der Waals surface area contributed by atoms with Crippen molar-refractivity contribution in [3.63, 3.8) is 0 Å². The lowest BCUT2D eigenvalue weighted by Gasteiger charge is -2.17. The van der Waals surface area contributed by atoms with Crippen LogP contribution in [0.25, 0.3) is 0 Å². The smallest absolute Gasteiger partial charge is 0.0628 e. The van der Waals surface area contributed by atoms with Gasteiger partial charge in [-0.3, -0.25) is 0 Å². The topological polar surface area (TPSA) is 0 Å². The molecule has 0 aliphatic carbocycles. The standard InChI is InChI=1S/C21H21Si/c1-17-8-6-12-20(14-17)22(16-19-10-4-3-5-11-19)21-13-7-9-18(2)15-21/h3-15H,16H2,1-2H3. The summed E-state index contributed by atoms with van der Waals surface area (Å²) in [5.41, 5.74) is 4.13. The van der Waals surface area contributed by atoms with E-state index in [0.29, 0.717) is 0 Å². The molecule has 0 heterocycles. The van der Waals surface area contributed by atoms with E-state index in [1.807, 2.05) is 0 Å². The van der Waals surface area contributed by atoms with Gasteiger partial charge in [0, 0.05) is 0 Å². The lowest BCUT2D eigenvalue weighted by atomic mass is 10.2. The lowest BCUT2D eigenvalue weighted by Crippen LogP contribution is -2.44. The van der Waals surface area contributed by atoms with Gasteiger partial charge >= 0.3 is 0 Å². The SMILES string of the molecule is Cc1cccc([Si](Cc2ccccc2)c2cccc(C)c2)c1. The first kappa shape index (κ1) is 14.8. The average molecular weight is 301 g/mol. The van der Waals surface area contributed by atoms with Crippen molar-refractivity contribution in [3.05, 3.63) is 95.6 Å². The molecule has 0 N–H and O–H groups in total. The molecule has 0 nitrogen and oxygen atoms in total. The first-order chi connectivity index (χ1) is 10.7. The van der Waals surface area contributed by atoms with Crippen LogP contribution in [-0.4, -0.2) is 8.80 Å². The highest BCUT2D eigenvalue weighted by atomic mass is 28.3. The van der Waals surface area contributed by atoms with Gasteiger partial charge in [-0.25, -0.2) is 0 Å². The predicted molar refractivity (Wildman–Crippen MR) is 97.5 cm³/mol. The van der Waals surface area contributed by atoms with Crippen molar-refractivity contribution in [2.45, 2.75) is 19.9 Å². The van der Waals surface area contributed by atoms with Crippen LogP contribution in [0.4, 0.5) is 0 Å². The van der Waals surface area contributed by atoms with E-state index < -0.39 is 8.80 Å². The summed E-state index contributed by atoms with van der Waals surface area (Å²) in [6.07, 6.45) is 0. The minimum absolute atomic E-state index is 0.796. The van der Waals surface area contributed by atoms with Gasteiger partial charge in [-0.15, -0.1) is 0 Å². The van der Waals surface area contributed by atoms with Gasteiger partial charge in [0.15, 0.2) is 0 Å². The van der Waals surface area contributed by atoms with Crippen LogP contribution in [-0.2, 0) is 6.04 Å². The van der Waals surface area contributed by atoms with Crippen LogP contribution in [0.1, 0.15) is 16.7 Å². The third kappa shape index (κ3) is 3.55. The molecule has 0 saturated heterocycles. The molecule has 22 heavy (non-hydrogen) atoms. The summed E-state index contributed by atoms with van der Waals surface area (Å²) in [6, 6.07) is 30.1. The van der Waals surface area contributed by atoms with Crippen LogP contribution in [0.3, 0.4) is 0 Å². The number of hydrogen-bond donors (Lipinski definition) is 0. The monoisotopic (exact) mass is 301 g/mol. The minimum atomic E-state index is -0.796. The van der Waals surface area contributed by atoms with Crippen molar-refractivity contribution in [3.8, 4) is 0 Å². The molecule has 1 radical (unpaired) electrons. The zero-order chi connectivity index (χ0) is 15.4. The Kier molecular flexibility index (Phi) is 4.55. The predicted octanol–water partition coefficient (Wildman–Crippen LogP) is 3.69. The van der Waals surface area contributed by atoms with Gasteiger partial charge in [-0.1, -0.05) is 106 Å². The summed E-state index contributed by atoms with van der Waals surface area (Å²) < 4.78 is 0. The van der Waals surface area contributed by atoms with E-state index in [9.17, 15) is 0 Å². The highest BCUT2D eigenvalue weighted by Gasteiger charge is 2.17. The molecular formula is C21H21Si. The van der Waals surface area contributed by atoms with Crippen LogP contribution in [0.15, 0.2) is 78.9 Å². The van der Waals surface area contributed by atoms with Gasteiger partial charge in [-0.2, -0.15) is 0 Å². The Morgan fingerprint density at radius 2 is 1.18 bits per heavy atom. The molecule has 0 amide bonds. The second-order valence-electron chi connectivity index (χ2n) is 5.88. The molecular weight excluding hydrogens is 280 g/mol. The fraction of sp³-hybridized carbons (Fsp3) is 0.143. The Balaban J connectivity index is 2.02. The van der Waals surface area contributed by atoms with E-state index in [1.54, 1.807) is 0 Å². The molecule has 0 unspecified atom stereocenters. The van der Waals surface area contributed by atoms with Crippen molar-refractivity contribution in [1.82, 2.24) is 0 Å². The maximum Gasteiger partial charge on any atom is 0.125 e. The molecule has 0 spiro atoms. The zero-order valence-electron chi connectivity index (χ0n) is 13.2. The molecule has 0 fully saturated rings. The summed E-state index contributed by atoms with van der Waals surface area (Å²) in [7, 11) is -0.796. The highest BCUT2D eigenvalue weighted by molar-refractivity contribution is 6.84. The first-order valence-corrected chi connectivity index (χ1v) is 9.47. The van der Waals surface area contributed by atoms with E-state index in [4.69, 9.17) is 0 Å². The van der Waals surface area contributed by atoms with Gasteiger partial charge in [0.05, 0.1) is 0 Å². The summed E-state index contributed by atoms with van der Waals surface area (Å²) in [4.78, 5) is 0. The molecule has 0 aliphatic heterocycles. The summed E-state index contributed by atoms with van der Waals surface area (Å²) in [5.74, 6) is 0. The van der Waals surface area contributed by atoms with Crippen LogP contribution in [0.2, 0.25) is 0 Å². The number of aryl methyl sites for hydroxylation is 2. The molecule has 109 valence electrons. The van der Waals surface area contributed by atoms with Gasteiger partial charge < -0.3 is 0 Å². The molecule has 0 aromatic heterocycles. The van der Waals surface area contributed by atoms with E-state index in [-0.39, 0.29) is 0 Å². The van der Waals surface area contributed by atoms with Crippen LogP contribution >= 0.6 is 0 Å². The Bertz CT molecular complexity index is 701. The average Bonchev–Trinajstić information content (AvgIpc) is 2.53. The van der Waals surface area contributed by atoms with Crippen molar-refractivity contribution in [1.29, 1.82) is 0 Å². The van der Waals surface area contributed by atoms with Crippen molar-refractivity contribution >= 4 is 19.2 Å². The minimum Gasteiger partial charge on any atom is -0.0628 e. The molecule has 0 bridgehead atoms. The largest absolute Gasteiger partial charge is 0.125 e. The second kappa shape index (κ2) is 6.76. The van der Waals surface area contributed by atoms with E-state index in [0.717, 1.165) is 6.04 Å². The lowest BCUT2D eigenvalue weighted by molar-refractivity contribution is 1.36. The number of rotatable bonds is 4. The summed E-state index contributed by atoms with van der Waals surface area (Å²) in [5, 5.41) is 3.00. The van der Waals surface area contributed by atoms with Crippen LogP contribution < -0.4 is 10.4 Å². The van der Waals surface area contributed by atoms with Crippen molar-refractivity contribution < 1.29 is 0 Å². The van der Waals surface area contributed by atoms with Gasteiger partial charge in [0.25, 0.3) is 0 Å². The van der Waals surface area contributed by atoms with E-state index >= 15 is 0 Å². The first-order valence-electron chi connectivity index (χ1n) is 7.76. The fourth-order valence-corrected chi connectivity index (χ4v) is 5.62. The maximum absolute atomic E-state index is 2.36. The Morgan fingerprint density at radius 3 is 1.68 bits per heavy atom. The van der Waals surface area contributed by atoms with E-state index in [2.05, 4.69) is 92.7 Å². The van der Waals surface area contributed by atoms with Crippen LogP contribution in [0.5, 0.6) is 0 Å². The summed E-state index contributed by atoms with van der Waals surface area (Å²) >= 11 is 0. The van der Waals surface area contributed by atoms with Gasteiger partial charge in [0.1, 0.15) is 8.80 Å². The van der Waals surface area contributed by atoms with Crippen molar-refractivity contribution in [2.75, 3.05) is 0 Å². The number of hydrogen-bond acceptors (Lipinski definition) is 0. The third-order valence-electron chi connectivity index (χ3n) is 3.96. The van der Waals surface area contributed by atoms with Gasteiger partial charge in [-0.05, 0) is 19.9 Å². The molecule has 1 heteroatoms. The zero-order valence-corrected chi connectivity index (χ0v) is 14.2. The molecule has 0 atom stereocenters. The Morgan fingerprint density at radius 1 is 0.636 bits per heavy atom. The molecule has 3 aromatic rings. The molecule has 0 aliphatic rings. The quantitative estimate of drug-likeness (QED) is 0.645. The normalized spacial score (nSPS) is 10.9. The highest BCUT2D eigenvalue weighted by Crippen LogP contribution is 2.06. The molecule has 0 saturated carbocycles. The molecule has 3 rings (SSSR count). The van der Waals surface area contributed by atoms with E-state index in [1.165, 1.54) is 27.1 Å². The van der Waals surface area contributed by atoms with Gasteiger partial charge in [0.2, 0.25) is 0 Å². The Labute approximate surface area is 135 Å². The fourth-order valence-electron chi connectivity index (χ4n) is 2.84. The maximum atomic E-state index is 2.36. The molecule has 3 aromatic carbocycles. The van der Waals surface area contributed by atoms with Crippen molar-refractivity contribution in [2.24, 2.45) is 0 Å². The summed E-state index contributed by atoms with van der Waals surface area (Å²) in [6.45, 7) is 4.36. The second-order valence-corrected chi connectivity index (χ2v) is 8.35. The third-order valence-corrected chi connectivity index (χ3v) is 6.73. The Hall–Kier alpha value is -2.12. The number of benzene rings is 3.